The van der Waals surface area contributed by atoms with Gasteiger partial charge in [-0.25, -0.2) is 4.79 Å². The topological polar surface area (TPSA) is 52.6 Å². The van der Waals surface area contributed by atoms with E-state index in [1.54, 1.807) is 31.4 Å². The van der Waals surface area contributed by atoms with Crippen LogP contribution in [0.2, 0.25) is 10.0 Å². The summed E-state index contributed by atoms with van der Waals surface area (Å²) >= 11 is 18.2. The van der Waals surface area contributed by atoms with Crippen LogP contribution in [0.1, 0.15) is 21.5 Å². The van der Waals surface area contributed by atoms with Gasteiger partial charge in [0.25, 0.3) is 0 Å². The highest BCUT2D eigenvalue weighted by Gasteiger charge is 2.19. The van der Waals surface area contributed by atoms with Gasteiger partial charge in [0.05, 0.1) is 29.8 Å². The molecule has 0 spiro atoms. The molecule has 0 aliphatic heterocycles. The average molecular weight is 420 g/mol. The highest BCUT2D eigenvalue weighted by Crippen LogP contribution is 2.47. The summed E-state index contributed by atoms with van der Waals surface area (Å²) in [5.41, 5.74) is 1.26. The number of methoxy groups -OCH3 is 2. The third kappa shape index (κ3) is 4.80. The fraction of sp³-hybridized carbons (Fsp3) is 0.118. The number of rotatable bonds is 5. The molecule has 0 saturated carbocycles. The summed E-state index contributed by atoms with van der Waals surface area (Å²) in [6.45, 7) is 0. The van der Waals surface area contributed by atoms with Crippen LogP contribution in [0, 0.1) is 0 Å². The van der Waals surface area contributed by atoms with E-state index in [2.05, 4.69) is 4.74 Å². The molecule has 132 valence electrons. The minimum absolute atomic E-state index is 0.0459. The summed E-state index contributed by atoms with van der Waals surface area (Å²) in [5, 5.41) is 0.539. The van der Waals surface area contributed by atoms with E-state index in [0.717, 1.165) is 5.56 Å². The fourth-order valence-corrected chi connectivity index (χ4v) is 3.96. The normalized spacial score (nSPS) is 12.6. The molecular formula is C17H14Cl3O4P. The number of halogens is 3. The van der Waals surface area contributed by atoms with E-state index in [9.17, 15) is 9.36 Å². The van der Waals surface area contributed by atoms with Gasteiger partial charge in [-0.3, -0.25) is 0 Å². The number of esters is 1. The van der Waals surface area contributed by atoms with Gasteiger partial charge in [0.1, 0.15) is 5.75 Å². The molecule has 0 heterocycles. The van der Waals surface area contributed by atoms with E-state index in [4.69, 9.17) is 39.2 Å². The van der Waals surface area contributed by atoms with Crippen molar-refractivity contribution >= 4 is 59.0 Å². The van der Waals surface area contributed by atoms with Crippen molar-refractivity contribution < 1.29 is 18.8 Å². The molecular weight excluding hydrogens is 406 g/mol. The molecule has 4 nitrogen and oxygen atoms in total. The second-order valence-corrected chi connectivity index (χ2v) is 7.85. The van der Waals surface area contributed by atoms with Gasteiger partial charge in [-0.05, 0) is 41.5 Å². The lowest BCUT2D eigenvalue weighted by Crippen LogP contribution is -2.03. The van der Waals surface area contributed by atoms with Crippen LogP contribution in [0.25, 0.3) is 11.4 Å². The molecule has 2 aromatic rings. The first-order valence-corrected chi connectivity index (χ1v) is 10.2. The fourth-order valence-electron chi connectivity index (χ4n) is 2.18. The van der Waals surface area contributed by atoms with Crippen LogP contribution in [-0.2, 0) is 9.30 Å². The number of hydrogen-bond donors (Lipinski definition) is 0. The van der Waals surface area contributed by atoms with Crippen LogP contribution in [0.5, 0.6) is 5.75 Å². The zero-order valence-corrected chi connectivity index (χ0v) is 16.6. The Labute approximate surface area is 160 Å². The summed E-state index contributed by atoms with van der Waals surface area (Å²) in [6, 6.07) is 10.1. The lowest BCUT2D eigenvalue weighted by molar-refractivity contribution is 0.0601. The van der Waals surface area contributed by atoms with E-state index >= 15 is 0 Å². The van der Waals surface area contributed by atoms with Crippen molar-refractivity contribution in [1.29, 1.82) is 0 Å². The maximum atomic E-state index is 12.1. The minimum Gasteiger partial charge on any atom is -0.497 e. The molecule has 0 aliphatic rings. The maximum Gasteiger partial charge on any atom is 0.340 e. The Balaban J connectivity index is 2.56. The third-order valence-corrected chi connectivity index (χ3v) is 5.42. The third-order valence-electron chi connectivity index (χ3n) is 3.36. The molecule has 0 fully saturated rings. The molecule has 0 saturated heterocycles. The highest BCUT2D eigenvalue weighted by molar-refractivity contribution is 7.82. The first-order chi connectivity index (χ1) is 11.9. The smallest absolute Gasteiger partial charge is 0.340 e. The van der Waals surface area contributed by atoms with Crippen LogP contribution >= 0.6 is 41.6 Å². The molecule has 25 heavy (non-hydrogen) atoms. The Morgan fingerprint density at radius 3 is 2.28 bits per heavy atom. The number of benzene rings is 2. The quantitative estimate of drug-likeness (QED) is 0.339. The Morgan fingerprint density at radius 1 is 1.12 bits per heavy atom. The van der Waals surface area contributed by atoms with Gasteiger partial charge in [0.15, 0.2) is 7.15 Å². The Bertz CT molecular complexity index is 842. The van der Waals surface area contributed by atoms with Crippen LogP contribution in [0.4, 0.5) is 0 Å². The van der Waals surface area contributed by atoms with Crippen molar-refractivity contribution in [2.24, 2.45) is 0 Å². The summed E-state index contributed by atoms with van der Waals surface area (Å²) < 4.78 is 21.9. The highest BCUT2D eigenvalue weighted by atomic mass is 35.7. The molecule has 1 unspecified atom stereocenters. The molecule has 0 radical (unpaired) electrons. The molecule has 8 heteroatoms. The molecule has 0 N–H and O–H groups in total. The number of carbonyl (C=O) groups excluding carboxylic acids is 1. The van der Waals surface area contributed by atoms with Gasteiger partial charge in [-0.2, -0.15) is 0 Å². The van der Waals surface area contributed by atoms with Crippen LogP contribution in [0.15, 0.2) is 36.4 Å². The van der Waals surface area contributed by atoms with Gasteiger partial charge < -0.3 is 14.0 Å². The van der Waals surface area contributed by atoms with E-state index in [-0.39, 0.29) is 15.6 Å². The molecule has 0 amide bonds. The van der Waals surface area contributed by atoms with Crippen LogP contribution in [0.3, 0.4) is 0 Å². The van der Waals surface area contributed by atoms with Gasteiger partial charge in [0, 0.05) is 5.31 Å². The molecule has 2 rings (SSSR count). The summed E-state index contributed by atoms with van der Waals surface area (Å²) in [4.78, 5) is 11.7. The lowest BCUT2D eigenvalue weighted by atomic mass is 10.1. The largest absolute Gasteiger partial charge is 0.497 e. The molecule has 2 aromatic carbocycles. The SMILES string of the molecule is COC(=O)c1c(Cl)cc(C(=Cc2cccc(OC)c2)[PH](=O)Cl)cc1Cl. The zero-order chi connectivity index (χ0) is 18.6. The Morgan fingerprint density at radius 2 is 1.76 bits per heavy atom. The van der Waals surface area contributed by atoms with E-state index in [1.807, 2.05) is 6.07 Å². The number of hydrogen-bond acceptors (Lipinski definition) is 4. The minimum atomic E-state index is -2.60. The number of carbonyl (C=O) groups is 1. The van der Waals surface area contributed by atoms with Gasteiger partial charge >= 0.3 is 5.97 Å². The van der Waals surface area contributed by atoms with Crippen LogP contribution < -0.4 is 4.74 Å². The van der Waals surface area contributed by atoms with E-state index < -0.39 is 13.1 Å². The van der Waals surface area contributed by atoms with E-state index in [1.165, 1.54) is 19.2 Å². The molecule has 0 aromatic heterocycles. The monoisotopic (exact) mass is 418 g/mol. The van der Waals surface area contributed by atoms with Crippen molar-refractivity contribution in [2.45, 2.75) is 0 Å². The second kappa shape index (κ2) is 8.77. The Hall–Kier alpha value is -1.45. The first kappa shape index (κ1) is 19.9. The second-order valence-electron chi connectivity index (χ2n) is 4.91. The maximum absolute atomic E-state index is 12.1. The van der Waals surface area contributed by atoms with Gasteiger partial charge in [0.2, 0.25) is 0 Å². The van der Waals surface area contributed by atoms with Crippen LogP contribution in [-0.4, -0.2) is 20.2 Å². The molecule has 0 aliphatic carbocycles. The average Bonchev–Trinajstić information content (AvgIpc) is 2.58. The van der Waals surface area contributed by atoms with Gasteiger partial charge in [-0.15, -0.1) is 0 Å². The molecule has 0 bridgehead atoms. The predicted molar refractivity (Wildman–Crippen MR) is 104 cm³/mol. The van der Waals surface area contributed by atoms with Crippen molar-refractivity contribution in [3.8, 4) is 5.75 Å². The van der Waals surface area contributed by atoms with Gasteiger partial charge in [-0.1, -0.05) is 46.6 Å². The summed E-state index contributed by atoms with van der Waals surface area (Å²) in [6.07, 6.45) is 1.66. The van der Waals surface area contributed by atoms with E-state index in [0.29, 0.717) is 16.6 Å². The van der Waals surface area contributed by atoms with Crippen molar-refractivity contribution in [3.63, 3.8) is 0 Å². The standard InChI is InChI=1S/C17H14Cl3O4P/c1-23-12-5-3-4-10(6-12)7-15(25(20)22)11-8-13(18)16(14(19)9-11)17(21)24-2/h3-9,25H,1-2H3. The number of ether oxygens (including phenoxy) is 2. The van der Waals surface area contributed by atoms with Crippen molar-refractivity contribution in [3.05, 3.63) is 63.1 Å². The van der Waals surface area contributed by atoms with Crippen molar-refractivity contribution in [1.82, 2.24) is 0 Å². The summed E-state index contributed by atoms with van der Waals surface area (Å²) in [5.74, 6) is -0.00199. The zero-order valence-electron chi connectivity index (χ0n) is 13.3. The Kier molecular flexibility index (Phi) is 6.97. The first-order valence-electron chi connectivity index (χ1n) is 7.00. The molecule has 1 atom stereocenters. The lowest BCUT2D eigenvalue weighted by Gasteiger charge is -2.10. The van der Waals surface area contributed by atoms with Crippen molar-refractivity contribution in [2.75, 3.05) is 14.2 Å². The summed E-state index contributed by atoms with van der Waals surface area (Å²) in [7, 11) is 0.181. The predicted octanol–water partition coefficient (Wildman–Crippen LogP) is 6.00.